The second-order valence-corrected chi connectivity index (χ2v) is 9.26. The maximum absolute atomic E-state index is 15.1. The lowest BCUT2D eigenvalue weighted by Gasteiger charge is -2.28. The van der Waals surface area contributed by atoms with Crippen LogP contribution in [-0.4, -0.2) is 60.6 Å². The van der Waals surface area contributed by atoms with Gasteiger partial charge in [-0.25, -0.2) is 19.3 Å². The van der Waals surface area contributed by atoms with Gasteiger partial charge in [-0.2, -0.15) is 0 Å². The lowest BCUT2D eigenvalue weighted by atomic mass is 10.1. The van der Waals surface area contributed by atoms with E-state index in [9.17, 15) is 10.2 Å². The number of anilines is 1. The molecule has 0 unspecified atom stereocenters. The highest BCUT2D eigenvalue weighted by Crippen LogP contribution is 2.34. The molecule has 0 amide bonds. The normalized spacial score (nSPS) is 19.1. The zero-order valence-electron chi connectivity index (χ0n) is 18.9. The van der Waals surface area contributed by atoms with Gasteiger partial charge in [0, 0.05) is 18.2 Å². The summed E-state index contributed by atoms with van der Waals surface area (Å²) in [6, 6.07) is 2.77. The van der Waals surface area contributed by atoms with Crippen LogP contribution in [0.3, 0.4) is 0 Å². The Morgan fingerprint density at radius 1 is 1.30 bits per heavy atom. The van der Waals surface area contributed by atoms with Crippen molar-refractivity contribution in [1.29, 1.82) is 0 Å². The van der Waals surface area contributed by atoms with Gasteiger partial charge in [0.15, 0.2) is 5.82 Å². The number of benzene rings is 1. The van der Waals surface area contributed by atoms with Crippen molar-refractivity contribution in [1.82, 2.24) is 19.5 Å². The van der Waals surface area contributed by atoms with Crippen molar-refractivity contribution in [2.75, 3.05) is 18.5 Å². The molecule has 0 saturated carbocycles. The van der Waals surface area contributed by atoms with E-state index >= 15 is 4.39 Å². The van der Waals surface area contributed by atoms with E-state index in [1.165, 1.54) is 12.3 Å². The summed E-state index contributed by atoms with van der Waals surface area (Å²) in [5.41, 5.74) is 0.281. The van der Waals surface area contributed by atoms with Crippen LogP contribution in [-0.2, 0) is 10.3 Å². The average Bonchev–Trinajstić information content (AvgIpc) is 3.12. The highest BCUT2D eigenvalue weighted by atomic mass is 35.5. The molecular weight excluding hydrogens is 453 g/mol. The monoisotopic (exact) mass is 481 g/mol. The van der Waals surface area contributed by atoms with E-state index in [1.807, 2.05) is 18.4 Å². The molecule has 1 fully saturated rings. The fraction of sp³-hybridized carbons (Fsp3) is 0.500. The summed E-state index contributed by atoms with van der Waals surface area (Å²) in [6.07, 6.45) is 1.37. The van der Waals surface area contributed by atoms with Crippen LogP contribution in [0.1, 0.15) is 46.0 Å². The SMILES string of the molecule is CC(C)n1c(C(C)(C)O)nc2c(F)cc(-c3nc(N[C@@H]4CCOC[C@H]4O)ncc3Cl)cc21.O. The Hall–Kier alpha value is -2.37. The largest absolute Gasteiger partial charge is 0.412 e. The van der Waals surface area contributed by atoms with Gasteiger partial charge in [-0.3, -0.25) is 0 Å². The first-order valence-electron chi connectivity index (χ1n) is 10.6. The van der Waals surface area contributed by atoms with Crippen LogP contribution < -0.4 is 5.32 Å². The molecule has 3 aromatic rings. The molecule has 0 aliphatic carbocycles. The minimum atomic E-state index is -1.25. The zero-order chi connectivity index (χ0) is 23.2. The van der Waals surface area contributed by atoms with Gasteiger partial charge >= 0.3 is 0 Å². The fourth-order valence-electron chi connectivity index (χ4n) is 3.94. The molecule has 5 N–H and O–H groups in total. The first-order valence-corrected chi connectivity index (χ1v) is 10.9. The fourth-order valence-corrected chi connectivity index (χ4v) is 4.14. The summed E-state index contributed by atoms with van der Waals surface area (Å²) in [7, 11) is 0. The Bertz CT molecular complexity index is 1150. The van der Waals surface area contributed by atoms with E-state index in [0.29, 0.717) is 35.6 Å². The smallest absolute Gasteiger partial charge is 0.223 e. The number of nitrogens with zero attached hydrogens (tertiary/aromatic N) is 4. The van der Waals surface area contributed by atoms with Crippen molar-refractivity contribution in [3.8, 4) is 11.3 Å². The van der Waals surface area contributed by atoms with Gasteiger partial charge in [-0.1, -0.05) is 11.6 Å². The van der Waals surface area contributed by atoms with Gasteiger partial charge in [0.05, 0.1) is 41.2 Å². The lowest BCUT2D eigenvalue weighted by molar-refractivity contribution is -0.0136. The molecular formula is C22H29ClFN5O4. The van der Waals surface area contributed by atoms with Crippen LogP contribution >= 0.6 is 11.6 Å². The molecule has 2 atom stereocenters. The Morgan fingerprint density at radius 3 is 2.67 bits per heavy atom. The van der Waals surface area contributed by atoms with Crippen molar-refractivity contribution >= 4 is 28.6 Å². The van der Waals surface area contributed by atoms with Crippen LogP contribution in [0.25, 0.3) is 22.3 Å². The third kappa shape index (κ3) is 4.95. The Kier molecular flexibility index (Phi) is 7.25. The first-order chi connectivity index (χ1) is 15.1. The molecule has 11 heteroatoms. The second kappa shape index (κ2) is 9.47. The number of halogens is 2. The molecule has 9 nitrogen and oxygen atoms in total. The van der Waals surface area contributed by atoms with Gasteiger partial charge in [-0.05, 0) is 46.2 Å². The number of imidazole rings is 1. The van der Waals surface area contributed by atoms with E-state index in [-0.39, 0.29) is 40.7 Å². The standard InChI is InChI=1S/C22H27ClFN5O3.H2O/c1-11(2)29-16-8-12(7-14(24)19(16)27-20(29)22(3,4)31)18-13(23)9-25-21(28-18)26-15-5-6-32-10-17(15)30;/h7-9,11,15,17,30-31H,5-6,10H2,1-4H3,(H,25,26,28);1H2/t15-,17-;/m1./s1. The summed E-state index contributed by atoms with van der Waals surface area (Å²) in [4.78, 5) is 13.1. The quantitative estimate of drug-likeness (QED) is 0.509. The minimum Gasteiger partial charge on any atom is -0.412 e. The van der Waals surface area contributed by atoms with E-state index < -0.39 is 17.5 Å². The number of fused-ring (bicyclic) bond motifs is 1. The number of hydrogen-bond acceptors (Lipinski definition) is 7. The molecule has 33 heavy (non-hydrogen) atoms. The van der Waals surface area contributed by atoms with Crippen LogP contribution in [0, 0.1) is 5.82 Å². The Labute approximate surface area is 195 Å². The lowest BCUT2D eigenvalue weighted by Crippen LogP contribution is -2.42. The summed E-state index contributed by atoms with van der Waals surface area (Å²) < 4.78 is 22.2. The molecule has 1 saturated heterocycles. The molecule has 2 aromatic heterocycles. The van der Waals surface area contributed by atoms with E-state index in [2.05, 4.69) is 20.3 Å². The maximum Gasteiger partial charge on any atom is 0.223 e. The van der Waals surface area contributed by atoms with Gasteiger partial charge in [0.25, 0.3) is 0 Å². The Morgan fingerprint density at radius 2 is 2.03 bits per heavy atom. The number of hydrogen-bond donors (Lipinski definition) is 3. The molecule has 1 aliphatic heterocycles. The molecule has 0 radical (unpaired) electrons. The third-order valence-corrected chi connectivity index (χ3v) is 5.75. The van der Waals surface area contributed by atoms with Gasteiger partial charge in [-0.15, -0.1) is 0 Å². The molecule has 180 valence electrons. The third-order valence-electron chi connectivity index (χ3n) is 5.47. The molecule has 0 spiro atoms. The maximum atomic E-state index is 15.1. The van der Waals surface area contributed by atoms with Crippen molar-refractivity contribution in [2.24, 2.45) is 0 Å². The summed E-state index contributed by atoms with van der Waals surface area (Å²) >= 11 is 6.38. The predicted molar refractivity (Wildman–Crippen MR) is 124 cm³/mol. The molecule has 3 heterocycles. The summed E-state index contributed by atoms with van der Waals surface area (Å²) in [5, 5.41) is 24.1. The van der Waals surface area contributed by atoms with Crippen molar-refractivity contribution in [3.63, 3.8) is 0 Å². The van der Waals surface area contributed by atoms with Gasteiger partial charge in [0.2, 0.25) is 5.95 Å². The Balaban J connectivity index is 0.00000306. The van der Waals surface area contributed by atoms with E-state index in [1.54, 1.807) is 19.9 Å². The number of ether oxygens (including phenoxy) is 1. The van der Waals surface area contributed by atoms with Crippen LogP contribution in [0.4, 0.5) is 10.3 Å². The number of aromatic nitrogens is 4. The summed E-state index contributed by atoms with van der Waals surface area (Å²) in [5.74, 6) is 0.125. The van der Waals surface area contributed by atoms with Crippen molar-refractivity contribution < 1.29 is 24.8 Å². The number of rotatable bonds is 5. The molecule has 1 aliphatic rings. The van der Waals surface area contributed by atoms with Crippen molar-refractivity contribution in [2.45, 2.75) is 57.9 Å². The van der Waals surface area contributed by atoms with Gasteiger partial charge < -0.3 is 30.3 Å². The zero-order valence-corrected chi connectivity index (χ0v) is 19.7. The van der Waals surface area contributed by atoms with Crippen molar-refractivity contribution in [3.05, 3.63) is 35.0 Å². The predicted octanol–water partition coefficient (Wildman–Crippen LogP) is 2.83. The summed E-state index contributed by atoms with van der Waals surface area (Å²) in [6.45, 7) is 7.90. The number of aliphatic hydroxyl groups is 2. The van der Waals surface area contributed by atoms with Crippen LogP contribution in [0.2, 0.25) is 5.02 Å². The molecule has 1 aromatic carbocycles. The van der Waals surface area contributed by atoms with E-state index in [0.717, 1.165) is 0 Å². The topological polar surface area (TPSA) is 137 Å². The average molecular weight is 482 g/mol. The molecule has 0 bridgehead atoms. The number of aliphatic hydroxyl groups excluding tert-OH is 1. The van der Waals surface area contributed by atoms with Crippen LogP contribution in [0.15, 0.2) is 18.3 Å². The molecule has 4 rings (SSSR count). The van der Waals surface area contributed by atoms with Gasteiger partial charge in [0.1, 0.15) is 16.9 Å². The highest BCUT2D eigenvalue weighted by Gasteiger charge is 2.28. The second-order valence-electron chi connectivity index (χ2n) is 8.86. The minimum absolute atomic E-state index is 0. The first kappa shape index (κ1) is 25.3. The highest BCUT2D eigenvalue weighted by molar-refractivity contribution is 6.33. The van der Waals surface area contributed by atoms with E-state index in [4.69, 9.17) is 16.3 Å². The van der Waals surface area contributed by atoms with Crippen LogP contribution in [0.5, 0.6) is 0 Å². The number of nitrogens with one attached hydrogen (secondary N) is 1.